The van der Waals surface area contributed by atoms with Gasteiger partial charge in [0, 0.05) is 6.42 Å². The van der Waals surface area contributed by atoms with Gasteiger partial charge in [-0.1, -0.05) is 37.3 Å². The molecule has 0 bridgehead atoms. The van der Waals surface area contributed by atoms with Gasteiger partial charge < -0.3 is 4.79 Å². The molecule has 0 amide bonds. The van der Waals surface area contributed by atoms with Crippen LogP contribution < -0.4 is 0 Å². The van der Waals surface area contributed by atoms with E-state index in [1.807, 2.05) is 6.92 Å². The molecule has 0 saturated carbocycles. The number of thioether (sulfide) groups is 2. The quantitative estimate of drug-likeness (QED) is 0.519. The van der Waals surface area contributed by atoms with Crippen LogP contribution in [0.2, 0.25) is 0 Å². The van der Waals surface area contributed by atoms with Crippen LogP contribution in [0.4, 0.5) is 0 Å². The van der Waals surface area contributed by atoms with Gasteiger partial charge in [0.2, 0.25) is 0 Å². The minimum absolute atomic E-state index is 0.122. The highest BCUT2D eigenvalue weighted by Gasteiger charge is 2.27. The minimum atomic E-state index is -0.567. The lowest BCUT2D eigenvalue weighted by Crippen LogP contribution is -2.20. The summed E-state index contributed by atoms with van der Waals surface area (Å²) in [5.41, 5.74) is 0. The second-order valence-electron chi connectivity index (χ2n) is 4.10. The highest BCUT2D eigenvalue weighted by molar-refractivity contribution is 8.47. The summed E-state index contributed by atoms with van der Waals surface area (Å²) >= 11 is 8.31. The van der Waals surface area contributed by atoms with Gasteiger partial charge in [-0.3, -0.25) is 0 Å². The van der Waals surface area contributed by atoms with E-state index in [4.69, 9.17) is 17.5 Å². The molecule has 5 heteroatoms. The van der Waals surface area contributed by atoms with E-state index in [-0.39, 0.29) is 5.78 Å². The van der Waals surface area contributed by atoms with E-state index in [1.54, 1.807) is 18.7 Å². The van der Waals surface area contributed by atoms with Crippen LogP contribution in [0.25, 0.3) is 0 Å². The van der Waals surface area contributed by atoms with E-state index in [1.165, 1.54) is 11.8 Å². The van der Waals surface area contributed by atoms with Crippen LogP contribution in [0.1, 0.15) is 46.5 Å². The van der Waals surface area contributed by atoms with Crippen LogP contribution in [0.5, 0.6) is 0 Å². The Kier molecular flexibility index (Phi) is 8.93. The number of carbonyl (C=O) groups is 1. The highest BCUT2D eigenvalue weighted by atomic mass is 32.2. The maximum atomic E-state index is 10.9. The molecule has 0 aromatic carbocycles. The molecule has 0 aromatic rings. The summed E-state index contributed by atoms with van der Waals surface area (Å²) in [5.74, 6) is 1.13. The zero-order valence-electron chi connectivity index (χ0n) is 10.6. The lowest BCUT2D eigenvalue weighted by Gasteiger charge is -2.20. The highest BCUT2D eigenvalue weighted by Crippen LogP contribution is 2.34. The van der Waals surface area contributed by atoms with Gasteiger partial charge in [-0.15, -0.1) is 11.8 Å². The van der Waals surface area contributed by atoms with Gasteiger partial charge in [-0.05, 0) is 32.4 Å². The molecule has 17 heavy (non-hydrogen) atoms. The zero-order chi connectivity index (χ0) is 13.3. The molecule has 1 atom stereocenters. The first kappa shape index (κ1) is 16.9. The smallest absolute Gasteiger partial charge is 0.129 e. The fourth-order valence-corrected chi connectivity index (χ4v) is 4.11. The van der Waals surface area contributed by atoms with E-state index in [0.717, 1.165) is 22.1 Å². The van der Waals surface area contributed by atoms with Crippen molar-refractivity contribution in [2.45, 2.75) is 51.2 Å². The third-order valence-corrected chi connectivity index (χ3v) is 5.07. The Labute approximate surface area is 118 Å². The lowest BCUT2D eigenvalue weighted by molar-refractivity contribution is -0.117. The van der Waals surface area contributed by atoms with Crippen molar-refractivity contribution in [1.82, 2.24) is 0 Å². The van der Waals surface area contributed by atoms with Gasteiger partial charge in [0.1, 0.15) is 14.1 Å². The average molecular weight is 289 g/mol. The van der Waals surface area contributed by atoms with Crippen LogP contribution in [-0.4, -0.2) is 19.8 Å². The molecule has 0 aliphatic carbocycles. The Balaban J connectivity index is 4.14. The summed E-state index contributed by atoms with van der Waals surface area (Å²) in [4.78, 5) is 10.9. The number of rotatable bonds is 7. The number of nitrogens with zero attached hydrogens (tertiary/aromatic N) is 1. The fourth-order valence-electron chi connectivity index (χ4n) is 1.06. The molecule has 0 N–H and O–H groups in total. The molecule has 0 aromatic heterocycles. The van der Waals surface area contributed by atoms with Crippen LogP contribution >= 0.6 is 35.7 Å². The summed E-state index contributed by atoms with van der Waals surface area (Å²) < 4.78 is 0.244. The molecular formula is C12H19NOS3. The van der Waals surface area contributed by atoms with Crippen molar-refractivity contribution in [2.75, 3.05) is 5.75 Å². The van der Waals surface area contributed by atoms with Crippen LogP contribution in [0.3, 0.4) is 0 Å². The van der Waals surface area contributed by atoms with Gasteiger partial charge in [-0.2, -0.15) is 5.26 Å². The fraction of sp³-hybridized carbons (Fsp3) is 0.750. The first-order chi connectivity index (χ1) is 7.93. The van der Waals surface area contributed by atoms with Crippen molar-refractivity contribution in [1.29, 1.82) is 5.26 Å². The number of carbonyl (C=O) groups excluding carboxylic acids is 1. The van der Waals surface area contributed by atoms with Gasteiger partial charge in [-0.25, -0.2) is 0 Å². The first-order valence-electron chi connectivity index (χ1n) is 5.70. The van der Waals surface area contributed by atoms with Crippen molar-refractivity contribution >= 4 is 45.1 Å². The summed E-state index contributed by atoms with van der Waals surface area (Å²) in [6, 6.07) is 2.27. The predicted molar refractivity (Wildman–Crippen MR) is 81.5 cm³/mol. The van der Waals surface area contributed by atoms with Gasteiger partial charge in [0.05, 0.1) is 6.07 Å². The molecule has 0 heterocycles. The van der Waals surface area contributed by atoms with Crippen molar-refractivity contribution < 1.29 is 4.79 Å². The number of Topliss-reactive ketones (excluding diaryl/α,β-unsaturated/α-hetero) is 1. The van der Waals surface area contributed by atoms with Crippen molar-refractivity contribution in [2.24, 2.45) is 0 Å². The summed E-state index contributed by atoms with van der Waals surface area (Å²) in [6.07, 6.45) is 3.31. The van der Waals surface area contributed by atoms with E-state index in [9.17, 15) is 4.79 Å². The Bertz CT molecular complexity index is 311. The Morgan fingerprint density at radius 1 is 1.53 bits per heavy atom. The normalized spacial score (nSPS) is 13.8. The predicted octanol–water partition coefficient (Wildman–Crippen LogP) is 4.19. The Hall–Kier alpha value is -0.0500. The number of ketones is 1. The Morgan fingerprint density at radius 3 is 2.65 bits per heavy atom. The number of thiocarbonyl (C=S) groups is 1. The molecular weight excluding hydrogens is 270 g/mol. The van der Waals surface area contributed by atoms with E-state index < -0.39 is 4.75 Å². The minimum Gasteiger partial charge on any atom is -0.300 e. The number of hydrogen-bond donors (Lipinski definition) is 0. The third-order valence-electron chi connectivity index (χ3n) is 2.22. The maximum Gasteiger partial charge on any atom is 0.129 e. The van der Waals surface area contributed by atoms with E-state index >= 15 is 0 Å². The molecule has 0 aliphatic rings. The second-order valence-corrected chi connectivity index (χ2v) is 7.90. The molecule has 0 fully saturated rings. The van der Waals surface area contributed by atoms with Crippen LogP contribution in [0.15, 0.2) is 0 Å². The van der Waals surface area contributed by atoms with Gasteiger partial charge in [0.25, 0.3) is 0 Å². The number of nitriles is 1. The first-order valence-corrected chi connectivity index (χ1v) is 7.91. The van der Waals surface area contributed by atoms with Crippen molar-refractivity contribution in [3.8, 4) is 6.07 Å². The molecule has 96 valence electrons. The zero-order valence-corrected chi connectivity index (χ0v) is 13.1. The summed E-state index contributed by atoms with van der Waals surface area (Å²) in [5, 5.41) is 9.17. The third kappa shape index (κ3) is 8.64. The van der Waals surface area contributed by atoms with E-state index in [0.29, 0.717) is 12.8 Å². The summed E-state index contributed by atoms with van der Waals surface area (Å²) in [7, 11) is 0. The van der Waals surface area contributed by atoms with Crippen molar-refractivity contribution in [3.05, 3.63) is 0 Å². The Morgan fingerprint density at radius 2 is 2.18 bits per heavy atom. The maximum absolute atomic E-state index is 10.9. The van der Waals surface area contributed by atoms with E-state index in [2.05, 4.69) is 13.0 Å². The largest absolute Gasteiger partial charge is 0.300 e. The van der Waals surface area contributed by atoms with Gasteiger partial charge >= 0.3 is 0 Å². The molecule has 2 nitrogen and oxygen atoms in total. The van der Waals surface area contributed by atoms with Crippen LogP contribution in [0, 0.1) is 11.3 Å². The lowest BCUT2D eigenvalue weighted by atomic mass is 10.1. The van der Waals surface area contributed by atoms with Crippen LogP contribution in [-0.2, 0) is 4.79 Å². The molecule has 0 spiro atoms. The SMILES string of the molecule is CCCCSC(=S)SC(C)(C#N)CCC(C)=O. The molecule has 1 unspecified atom stereocenters. The average Bonchev–Trinajstić information content (AvgIpc) is 2.27. The van der Waals surface area contributed by atoms with Crippen molar-refractivity contribution in [3.63, 3.8) is 0 Å². The monoisotopic (exact) mass is 289 g/mol. The number of hydrogen-bond acceptors (Lipinski definition) is 5. The summed E-state index contributed by atoms with van der Waals surface area (Å²) in [6.45, 7) is 5.55. The number of unbranched alkanes of at least 4 members (excludes halogenated alkanes) is 1. The van der Waals surface area contributed by atoms with Gasteiger partial charge in [0.15, 0.2) is 0 Å². The second kappa shape index (κ2) is 8.96. The molecule has 0 saturated heterocycles. The molecule has 0 radical (unpaired) electrons. The molecule has 0 rings (SSSR count). The topological polar surface area (TPSA) is 40.9 Å². The standard InChI is InChI=1S/C12H19NOS3/c1-4-5-8-16-11(15)17-12(3,9-13)7-6-10(2)14/h4-8H2,1-3H3. The molecule has 0 aliphatic heterocycles.